The third-order valence-corrected chi connectivity index (χ3v) is 11.0. The maximum atomic E-state index is 13.8. The molecule has 1 aromatic carbocycles. The molecule has 0 N–H and O–H groups in total. The van der Waals surface area contributed by atoms with Gasteiger partial charge < -0.3 is 9.47 Å². The molecule has 3 atom stereocenters. The molecule has 4 aromatic rings. The fraction of sp³-hybridized carbons (Fsp3) is 0.433. The zero-order valence-electron chi connectivity index (χ0n) is 23.5. The van der Waals surface area contributed by atoms with E-state index < -0.39 is 21.4 Å². The lowest BCUT2D eigenvalue weighted by Crippen LogP contribution is -2.56. The molecule has 3 aliphatic rings. The molecule has 1 saturated heterocycles. The monoisotopic (exact) mass is 574 g/mol. The van der Waals surface area contributed by atoms with Crippen LogP contribution in [0.5, 0.6) is 0 Å². The average Bonchev–Trinajstić information content (AvgIpc) is 3.75. The quantitative estimate of drug-likeness (QED) is 0.357. The minimum atomic E-state index is -3.95. The largest absolute Gasteiger partial charge is 0.347 e. The Kier molecular flexibility index (Phi) is 6.20. The van der Waals surface area contributed by atoms with Gasteiger partial charge in [-0.25, -0.2) is 4.68 Å². The molecular weight excluding hydrogens is 540 g/mol. The minimum Gasteiger partial charge on any atom is -0.347 e. The van der Waals surface area contributed by atoms with E-state index in [0.717, 1.165) is 35.3 Å². The van der Waals surface area contributed by atoms with E-state index in [4.69, 9.17) is 14.6 Å². The predicted octanol–water partition coefficient (Wildman–Crippen LogP) is 3.81. The van der Waals surface area contributed by atoms with E-state index in [-0.39, 0.29) is 11.8 Å². The van der Waals surface area contributed by atoms with Gasteiger partial charge in [-0.05, 0) is 42.9 Å². The van der Waals surface area contributed by atoms with E-state index in [1.807, 2.05) is 24.4 Å². The van der Waals surface area contributed by atoms with Crippen molar-refractivity contribution in [2.75, 3.05) is 27.3 Å². The van der Waals surface area contributed by atoms with E-state index in [2.05, 4.69) is 41.3 Å². The number of fused-ring (bicyclic) bond motifs is 3. The van der Waals surface area contributed by atoms with Crippen molar-refractivity contribution in [1.82, 2.24) is 28.3 Å². The summed E-state index contributed by atoms with van der Waals surface area (Å²) in [6.07, 6.45) is 10.00. The summed E-state index contributed by atoms with van der Waals surface area (Å²) in [6, 6.07) is 14.2. The first-order chi connectivity index (χ1) is 19.8. The molecule has 0 bridgehead atoms. The van der Waals surface area contributed by atoms with Crippen molar-refractivity contribution in [2.24, 2.45) is 11.8 Å². The van der Waals surface area contributed by atoms with Crippen molar-refractivity contribution in [3.63, 3.8) is 0 Å². The maximum absolute atomic E-state index is 13.8. The fourth-order valence-electron chi connectivity index (χ4n) is 7.42. The maximum Gasteiger partial charge on any atom is 0.323 e. The molecule has 7 rings (SSSR count). The van der Waals surface area contributed by atoms with Crippen LogP contribution in [-0.2, 0) is 31.5 Å². The summed E-state index contributed by atoms with van der Waals surface area (Å²) in [4.78, 5) is 4.21. The smallest absolute Gasteiger partial charge is 0.323 e. The van der Waals surface area contributed by atoms with Crippen LogP contribution in [0.4, 0.5) is 0 Å². The van der Waals surface area contributed by atoms with Gasteiger partial charge in [-0.1, -0.05) is 37.3 Å². The summed E-state index contributed by atoms with van der Waals surface area (Å²) in [5, 5.41) is 9.61. The second kappa shape index (κ2) is 9.59. The molecule has 2 fully saturated rings. The van der Waals surface area contributed by atoms with Crippen LogP contribution in [0.25, 0.3) is 16.9 Å². The Morgan fingerprint density at radius 1 is 1.02 bits per heavy atom. The van der Waals surface area contributed by atoms with Crippen LogP contribution in [0.3, 0.4) is 0 Å². The number of hydrogen-bond donors (Lipinski definition) is 0. The molecule has 1 saturated carbocycles. The molecule has 0 amide bonds. The Labute approximate surface area is 240 Å². The third kappa shape index (κ3) is 3.86. The first kappa shape index (κ1) is 26.5. The highest BCUT2D eigenvalue weighted by Gasteiger charge is 2.61. The first-order valence-electron chi connectivity index (χ1n) is 14.1. The molecule has 214 valence electrons. The van der Waals surface area contributed by atoms with Crippen LogP contribution < -0.4 is 0 Å². The first-order valence-corrected chi connectivity index (χ1v) is 15.5. The van der Waals surface area contributed by atoms with Gasteiger partial charge in [0.05, 0.1) is 42.7 Å². The highest BCUT2D eigenvalue weighted by Crippen LogP contribution is 2.60. The summed E-state index contributed by atoms with van der Waals surface area (Å²) in [5.74, 6) is -0.355. The number of pyridine rings is 1. The zero-order chi connectivity index (χ0) is 28.4. The third-order valence-electron chi connectivity index (χ3n) is 9.39. The summed E-state index contributed by atoms with van der Waals surface area (Å²) < 4.78 is 44.4. The van der Waals surface area contributed by atoms with Crippen LogP contribution in [0.15, 0.2) is 67.3 Å². The standard InChI is InChI=1S/C30H34N6O4S/c1-21-26-12-11-25-27(22-18-32-35(20-22)24-10-7-15-31-19-24)36(41(37,38)34(2)3)33-28(25)29(26,23-8-5-4-6-9-23)13-14-30(21)39-16-17-40-30/h4-10,15,18-21,26H,11-14,16-17H2,1-3H3. The lowest BCUT2D eigenvalue weighted by Gasteiger charge is -2.55. The normalized spacial score (nSPS) is 25.4. The van der Waals surface area contributed by atoms with Crippen LogP contribution in [0.2, 0.25) is 0 Å². The van der Waals surface area contributed by atoms with Gasteiger partial charge in [0.1, 0.15) is 0 Å². The fourth-order valence-corrected chi connectivity index (χ4v) is 8.36. The number of aromatic nitrogens is 5. The molecule has 1 aliphatic heterocycles. The predicted molar refractivity (Wildman–Crippen MR) is 153 cm³/mol. The van der Waals surface area contributed by atoms with E-state index >= 15 is 0 Å². The van der Waals surface area contributed by atoms with Crippen molar-refractivity contribution in [2.45, 2.75) is 43.8 Å². The number of benzene rings is 1. The van der Waals surface area contributed by atoms with E-state index in [1.54, 1.807) is 23.3 Å². The van der Waals surface area contributed by atoms with Crippen LogP contribution in [-0.4, -0.2) is 69.8 Å². The molecule has 1 spiro atoms. The van der Waals surface area contributed by atoms with Gasteiger partial charge in [0.2, 0.25) is 0 Å². The van der Waals surface area contributed by atoms with Gasteiger partial charge in [-0.2, -0.15) is 22.9 Å². The Balaban J connectivity index is 1.46. The second-order valence-corrected chi connectivity index (χ2v) is 13.4. The van der Waals surface area contributed by atoms with Gasteiger partial charge in [0.25, 0.3) is 0 Å². The van der Waals surface area contributed by atoms with Gasteiger partial charge in [0.15, 0.2) is 5.79 Å². The Morgan fingerprint density at radius 2 is 1.80 bits per heavy atom. The van der Waals surface area contributed by atoms with Crippen molar-refractivity contribution in [1.29, 1.82) is 0 Å². The molecule has 10 nitrogen and oxygen atoms in total. The molecule has 41 heavy (non-hydrogen) atoms. The summed E-state index contributed by atoms with van der Waals surface area (Å²) in [7, 11) is -0.872. The van der Waals surface area contributed by atoms with Crippen molar-refractivity contribution >= 4 is 10.2 Å². The highest BCUT2D eigenvalue weighted by molar-refractivity contribution is 7.87. The lowest BCUT2D eigenvalue weighted by atomic mass is 9.52. The van der Waals surface area contributed by atoms with Gasteiger partial charge in [-0.3, -0.25) is 4.98 Å². The summed E-state index contributed by atoms with van der Waals surface area (Å²) in [6.45, 7) is 3.42. The number of nitrogens with zero attached hydrogens (tertiary/aromatic N) is 6. The lowest BCUT2D eigenvalue weighted by molar-refractivity contribution is -0.232. The summed E-state index contributed by atoms with van der Waals surface area (Å²) in [5.41, 5.74) is 4.49. The summed E-state index contributed by atoms with van der Waals surface area (Å²) >= 11 is 0. The van der Waals surface area contributed by atoms with Gasteiger partial charge in [0, 0.05) is 55.4 Å². The van der Waals surface area contributed by atoms with E-state index in [0.29, 0.717) is 37.3 Å². The highest BCUT2D eigenvalue weighted by atomic mass is 32.2. The zero-order valence-corrected chi connectivity index (χ0v) is 24.3. The van der Waals surface area contributed by atoms with Gasteiger partial charge >= 0.3 is 10.2 Å². The molecular formula is C30H34N6O4S. The van der Waals surface area contributed by atoms with Gasteiger partial charge in [-0.15, -0.1) is 4.09 Å². The Hall–Kier alpha value is -3.38. The second-order valence-electron chi connectivity index (χ2n) is 11.5. The van der Waals surface area contributed by atoms with Crippen LogP contribution in [0.1, 0.15) is 43.0 Å². The minimum absolute atomic E-state index is 0.0968. The molecule has 2 aliphatic carbocycles. The van der Waals surface area contributed by atoms with Crippen LogP contribution in [0, 0.1) is 11.8 Å². The molecule has 3 unspecified atom stereocenters. The van der Waals surface area contributed by atoms with Crippen molar-refractivity contribution in [3.8, 4) is 16.9 Å². The van der Waals surface area contributed by atoms with E-state index in [9.17, 15) is 8.42 Å². The Bertz CT molecular complexity index is 1680. The average molecular weight is 575 g/mol. The molecule has 11 heteroatoms. The van der Waals surface area contributed by atoms with Crippen molar-refractivity contribution < 1.29 is 17.9 Å². The molecule has 4 heterocycles. The van der Waals surface area contributed by atoms with Crippen molar-refractivity contribution in [3.05, 3.63) is 84.1 Å². The van der Waals surface area contributed by atoms with E-state index in [1.165, 1.54) is 22.5 Å². The Morgan fingerprint density at radius 3 is 2.51 bits per heavy atom. The molecule has 0 radical (unpaired) electrons. The SMILES string of the molecule is CC1C2CCc3c(nn(S(=O)(=O)N(C)C)c3-c3cnn(-c4cccnc4)c3)C2(c2ccccc2)CCC12OCCO2. The van der Waals surface area contributed by atoms with Crippen LogP contribution >= 0.6 is 0 Å². The number of hydrogen-bond acceptors (Lipinski definition) is 7. The topological polar surface area (TPSA) is 104 Å². The number of rotatable bonds is 5. The molecule has 3 aromatic heterocycles. The number of ether oxygens (including phenoxy) is 2.